The summed E-state index contributed by atoms with van der Waals surface area (Å²) in [4.78, 5) is 9.38. The van der Waals surface area contributed by atoms with E-state index in [0.29, 0.717) is 11.1 Å². The van der Waals surface area contributed by atoms with Gasteiger partial charge in [-0.05, 0) is 65.0 Å². The number of imidazole rings is 1. The third-order valence-corrected chi connectivity index (χ3v) is 10.3. The van der Waals surface area contributed by atoms with Crippen LogP contribution in [0.3, 0.4) is 0 Å². The third-order valence-electron chi connectivity index (χ3n) is 9.13. The van der Waals surface area contributed by atoms with E-state index < -0.39 is 6.17 Å². The standard InChI is InChI=1S/C39H23FN4S/c40-38(23-12-14-25-26-7-1-3-9-32(26)43-18-17-42-39(43)31(25)19-23)24-13-15-27-29-22-36-30(28-8-2-4-10-35(28)45-36)21-34(29)44(33(27)20-24)37-11-5-6-16-41-37/h1-22,38H. The van der Waals surface area contributed by atoms with Crippen molar-refractivity contribution in [2.75, 3.05) is 0 Å². The lowest BCUT2D eigenvalue weighted by Crippen LogP contribution is -1.99. The lowest BCUT2D eigenvalue weighted by molar-refractivity contribution is 0.402. The van der Waals surface area contributed by atoms with E-state index in [1.165, 1.54) is 20.2 Å². The van der Waals surface area contributed by atoms with Crippen LogP contribution in [0.25, 0.3) is 75.1 Å². The molecule has 5 aromatic carbocycles. The number of pyridine rings is 2. The van der Waals surface area contributed by atoms with Crippen molar-refractivity contribution in [1.29, 1.82) is 0 Å². The maximum atomic E-state index is 16.7. The molecule has 0 saturated carbocycles. The summed E-state index contributed by atoms with van der Waals surface area (Å²) in [5.41, 5.74) is 5.13. The van der Waals surface area contributed by atoms with E-state index in [1.807, 2.05) is 73.1 Å². The van der Waals surface area contributed by atoms with E-state index in [-0.39, 0.29) is 0 Å². The van der Waals surface area contributed by atoms with Gasteiger partial charge in [-0.15, -0.1) is 11.3 Å². The summed E-state index contributed by atoms with van der Waals surface area (Å²) in [7, 11) is 0. The Bertz CT molecular complexity index is 2790. The van der Waals surface area contributed by atoms with Crippen LogP contribution < -0.4 is 0 Å². The van der Waals surface area contributed by atoms with E-state index in [0.717, 1.165) is 54.9 Å². The number of rotatable bonds is 3. The molecule has 0 N–H and O–H groups in total. The van der Waals surface area contributed by atoms with Gasteiger partial charge in [0.15, 0.2) is 6.17 Å². The Morgan fingerprint density at radius 2 is 1.29 bits per heavy atom. The molecule has 5 aromatic heterocycles. The van der Waals surface area contributed by atoms with Crippen LogP contribution in [-0.4, -0.2) is 18.9 Å². The number of hydrogen-bond acceptors (Lipinski definition) is 3. The monoisotopic (exact) mass is 598 g/mol. The predicted molar refractivity (Wildman–Crippen MR) is 185 cm³/mol. The number of para-hydroxylation sites is 1. The second-order valence-corrected chi connectivity index (χ2v) is 12.7. The van der Waals surface area contributed by atoms with Crippen LogP contribution in [0.1, 0.15) is 17.3 Å². The van der Waals surface area contributed by atoms with Gasteiger partial charge in [-0.1, -0.05) is 66.7 Å². The number of alkyl halides is 1. The molecule has 0 aliphatic rings. The second-order valence-electron chi connectivity index (χ2n) is 11.6. The molecule has 0 radical (unpaired) electrons. The zero-order valence-corrected chi connectivity index (χ0v) is 24.7. The quantitative estimate of drug-likeness (QED) is 0.190. The number of fused-ring (bicyclic) bond motifs is 12. The number of thiophene rings is 1. The van der Waals surface area contributed by atoms with E-state index in [1.54, 1.807) is 17.5 Å². The van der Waals surface area contributed by atoms with Gasteiger partial charge in [-0.3, -0.25) is 8.97 Å². The van der Waals surface area contributed by atoms with Gasteiger partial charge in [0.2, 0.25) is 0 Å². The molecular formula is C39H23FN4S. The van der Waals surface area contributed by atoms with Gasteiger partial charge in [0.05, 0.1) is 16.6 Å². The molecule has 6 heteroatoms. The Morgan fingerprint density at radius 1 is 0.533 bits per heavy atom. The Kier molecular flexibility index (Phi) is 5.08. The van der Waals surface area contributed by atoms with Crippen LogP contribution in [0, 0.1) is 0 Å². The van der Waals surface area contributed by atoms with Crippen LogP contribution in [0.2, 0.25) is 0 Å². The molecule has 4 nitrogen and oxygen atoms in total. The molecule has 10 aromatic rings. The molecule has 0 aliphatic carbocycles. The first-order valence-electron chi connectivity index (χ1n) is 15.0. The summed E-state index contributed by atoms with van der Waals surface area (Å²) in [5.74, 6) is 0.809. The van der Waals surface area contributed by atoms with Crippen LogP contribution in [0.15, 0.2) is 134 Å². The van der Waals surface area contributed by atoms with E-state index in [2.05, 4.69) is 68.5 Å². The summed E-state index contributed by atoms with van der Waals surface area (Å²) >= 11 is 1.81. The second kappa shape index (κ2) is 9.21. The zero-order chi connectivity index (χ0) is 29.6. The normalized spacial score (nSPS) is 12.9. The molecule has 0 saturated heterocycles. The SMILES string of the molecule is FC(c1ccc2c3ccccc3n3ccnc3c2c1)c1ccc2c3cc4sc5ccccc5c4cc3n(-c3ccccn3)c2c1. The molecule has 0 amide bonds. The smallest absolute Gasteiger partial charge is 0.150 e. The number of nitrogens with zero attached hydrogens (tertiary/aromatic N) is 4. The van der Waals surface area contributed by atoms with Gasteiger partial charge < -0.3 is 0 Å². The van der Waals surface area contributed by atoms with E-state index >= 15 is 4.39 Å². The molecule has 0 fully saturated rings. The number of hydrogen-bond donors (Lipinski definition) is 0. The van der Waals surface area contributed by atoms with Gasteiger partial charge in [0.1, 0.15) is 11.5 Å². The molecule has 0 bridgehead atoms. The molecule has 10 rings (SSSR count). The maximum Gasteiger partial charge on any atom is 0.150 e. The average Bonchev–Trinajstić information content (AvgIpc) is 3.81. The summed E-state index contributed by atoms with van der Waals surface area (Å²) in [6, 6.07) is 39.2. The highest BCUT2D eigenvalue weighted by atomic mass is 32.1. The highest BCUT2D eigenvalue weighted by Crippen LogP contribution is 2.42. The van der Waals surface area contributed by atoms with Crippen LogP contribution in [0.5, 0.6) is 0 Å². The fraction of sp³-hybridized carbons (Fsp3) is 0.0256. The molecule has 5 heterocycles. The Labute approximate surface area is 260 Å². The third kappa shape index (κ3) is 3.51. The lowest BCUT2D eigenvalue weighted by atomic mass is 9.97. The number of benzene rings is 5. The van der Waals surface area contributed by atoms with E-state index in [4.69, 9.17) is 4.98 Å². The minimum atomic E-state index is -1.32. The fourth-order valence-electron chi connectivity index (χ4n) is 7.08. The fourth-order valence-corrected chi connectivity index (χ4v) is 8.21. The zero-order valence-electron chi connectivity index (χ0n) is 23.9. The largest absolute Gasteiger partial charge is 0.299 e. The first kappa shape index (κ1) is 24.8. The summed E-state index contributed by atoms with van der Waals surface area (Å²) in [6.45, 7) is 0. The molecule has 0 spiro atoms. The summed E-state index contributed by atoms with van der Waals surface area (Å²) in [5, 5.41) is 7.81. The van der Waals surface area contributed by atoms with Gasteiger partial charge in [0, 0.05) is 60.3 Å². The molecule has 1 unspecified atom stereocenters. The topological polar surface area (TPSA) is 35.1 Å². The Hall–Kier alpha value is -5.59. The first-order chi connectivity index (χ1) is 22.2. The van der Waals surface area contributed by atoms with Crippen molar-refractivity contribution < 1.29 is 4.39 Å². The van der Waals surface area contributed by atoms with Crippen molar-refractivity contribution in [1.82, 2.24) is 18.9 Å². The number of aromatic nitrogens is 4. The molecular weight excluding hydrogens is 576 g/mol. The van der Waals surface area contributed by atoms with Gasteiger partial charge in [-0.25, -0.2) is 14.4 Å². The van der Waals surface area contributed by atoms with Crippen molar-refractivity contribution in [3.8, 4) is 5.82 Å². The summed E-state index contributed by atoms with van der Waals surface area (Å²) < 4.78 is 23.4. The number of halogens is 1. The predicted octanol–water partition coefficient (Wildman–Crippen LogP) is 10.6. The van der Waals surface area contributed by atoms with Gasteiger partial charge in [-0.2, -0.15) is 0 Å². The van der Waals surface area contributed by atoms with Crippen LogP contribution >= 0.6 is 11.3 Å². The minimum absolute atomic E-state index is 0.606. The van der Waals surface area contributed by atoms with Gasteiger partial charge in [0.25, 0.3) is 0 Å². The highest BCUT2D eigenvalue weighted by molar-refractivity contribution is 7.25. The van der Waals surface area contributed by atoms with Crippen molar-refractivity contribution in [2.24, 2.45) is 0 Å². The van der Waals surface area contributed by atoms with Crippen molar-refractivity contribution in [3.63, 3.8) is 0 Å². The Morgan fingerprint density at radius 3 is 2.18 bits per heavy atom. The maximum absolute atomic E-state index is 16.7. The van der Waals surface area contributed by atoms with Crippen molar-refractivity contribution >= 4 is 80.6 Å². The highest BCUT2D eigenvalue weighted by Gasteiger charge is 2.20. The average molecular weight is 599 g/mol. The van der Waals surface area contributed by atoms with Crippen LogP contribution in [-0.2, 0) is 0 Å². The molecule has 212 valence electrons. The minimum Gasteiger partial charge on any atom is -0.299 e. The Balaban J connectivity index is 1.20. The molecule has 45 heavy (non-hydrogen) atoms. The molecule has 1 atom stereocenters. The van der Waals surface area contributed by atoms with E-state index in [9.17, 15) is 0 Å². The lowest BCUT2D eigenvalue weighted by Gasteiger charge is -2.14. The molecule has 0 aliphatic heterocycles. The van der Waals surface area contributed by atoms with Crippen LogP contribution in [0.4, 0.5) is 4.39 Å². The first-order valence-corrected chi connectivity index (χ1v) is 15.8. The van der Waals surface area contributed by atoms with Crippen molar-refractivity contribution in [2.45, 2.75) is 6.17 Å². The van der Waals surface area contributed by atoms with Crippen molar-refractivity contribution in [3.05, 3.63) is 145 Å². The van der Waals surface area contributed by atoms with Gasteiger partial charge >= 0.3 is 0 Å². The summed E-state index contributed by atoms with van der Waals surface area (Å²) in [6.07, 6.45) is 4.26.